The summed E-state index contributed by atoms with van der Waals surface area (Å²) in [5, 5.41) is 8.17. The summed E-state index contributed by atoms with van der Waals surface area (Å²) in [5.41, 5.74) is -1.23. The van der Waals surface area contributed by atoms with Gasteiger partial charge in [0.15, 0.2) is 11.5 Å². The number of benzene rings is 1. The third-order valence-electron chi connectivity index (χ3n) is 5.09. The first kappa shape index (κ1) is 33.0. The number of amides is 3. The second-order valence-corrected chi connectivity index (χ2v) is 12.7. The molecule has 0 unspecified atom stereocenters. The second kappa shape index (κ2) is 12.4. The highest BCUT2D eigenvalue weighted by molar-refractivity contribution is 6.30. The Labute approximate surface area is 252 Å². The van der Waals surface area contributed by atoms with Crippen LogP contribution in [0.3, 0.4) is 0 Å². The van der Waals surface area contributed by atoms with Crippen LogP contribution in [-0.2, 0) is 20.8 Å². The Morgan fingerprint density at radius 2 is 1.28 bits per heavy atom. The van der Waals surface area contributed by atoms with Gasteiger partial charge in [-0.25, -0.2) is 19.4 Å². The number of carbonyl (C=O) groups excluding carboxylic acids is 3. The van der Waals surface area contributed by atoms with Gasteiger partial charge in [0, 0.05) is 30.9 Å². The van der Waals surface area contributed by atoms with E-state index in [1.54, 1.807) is 93.6 Å². The summed E-state index contributed by atoms with van der Waals surface area (Å²) in [6.07, 6.45) is -1.36. The van der Waals surface area contributed by atoms with Crippen LogP contribution >= 0.6 is 0 Å². The second-order valence-electron chi connectivity index (χ2n) is 12.7. The number of imide groups is 1. The number of anilines is 1. The van der Waals surface area contributed by atoms with E-state index < -0.39 is 35.1 Å². The topological polar surface area (TPSA) is 150 Å². The maximum absolute atomic E-state index is 13.2. The first-order valence-electron chi connectivity index (χ1n) is 13.5. The van der Waals surface area contributed by atoms with Gasteiger partial charge in [0.1, 0.15) is 24.6 Å². The summed E-state index contributed by atoms with van der Waals surface area (Å²) in [4.78, 5) is 49.2. The zero-order valence-electron chi connectivity index (χ0n) is 26.2. The van der Waals surface area contributed by atoms with Gasteiger partial charge in [0.05, 0.1) is 0 Å². The van der Waals surface area contributed by atoms with Gasteiger partial charge in [-0.2, -0.15) is 4.90 Å². The molecule has 0 atom stereocenters. The molecular weight excluding hydrogens is 555 g/mol. The lowest BCUT2D eigenvalue weighted by Gasteiger charge is -2.28. The SMILES string of the molecule is [B]c1cnc(N(C(=O)OC(C)(C)C)C(=O)OC(C)(C)C)c(-c2nnc(-c3ccc(CN(C)C(=O)OC(C)(C)C)cc3)o2)n1. The van der Waals surface area contributed by atoms with Crippen LogP contribution in [0.5, 0.6) is 0 Å². The minimum atomic E-state index is -1.05. The molecule has 1 aromatic carbocycles. The molecule has 0 spiro atoms. The Morgan fingerprint density at radius 1 is 0.791 bits per heavy atom. The predicted octanol–water partition coefficient (Wildman–Crippen LogP) is 5.03. The highest BCUT2D eigenvalue weighted by Gasteiger charge is 2.37. The van der Waals surface area contributed by atoms with Gasteiger partial charge in [-0.3, -0.25) is 4.98 Å². The standard InChI is InChI=1S/C29H37BN6O7/c1-27(2,3)41-24(37)35(10)16-17-11-13-18(14-12-17)22-33-34-23(40-22)20-21(31-15-19(30)32-20)36(25(38)42-28(4,5)6)26(39)43-29(7,8)9/h11-15H,16H2,1-10H3. The fourth-order valence-corrected chi connectivity index (χ4v) is 3.43. The quantitative estimate of drug-likeness (QED) is 0.290. The molecule has 2 heterocycles. The number of carbonyl (C=O) groups is 3. The summed E-state index contributed by atoms with van der Waals surface area (Å²) < 4.78 is 22.2. The van der Waals surface area contributed by atoms with E-state index in [1.165, 1.54) is 11.1 Å². The van der Waals surface area contributed by atoms with Crippen LogP contribution in [0.4, 0.5) is 20.2 Å². The van der Waals surface area contributed by atoms with Gasteiger partial charge in [-0.1, -0.05) is 12.1 Å². The van der Waals surface area contributed by atoms with Crippen molar-refractivity contribution in [3.63, 3.8) is 0 Å². The molecule has 3 rings (SSSR count). The van der Waals surface area contributed by atoms with Crippen LogP contribution in [0, 0.1) is 0 Å². The Morgan fingerprint density at radius 3 is 1.79 bits per heavy atom. The number of rotatable bonds is 5. The van der Waals surface area contributed by atoms with E-state index in [0.717, 1.165) is 5.56 Å². The van der Waals surface area contributed by atoms with E-state index in [2.05, 4.69) is 20.2 Å². The van der Waals surface area contributed by atoms with Crippen LogP contribution in [0.15, 0.2) is 34.9 Å². The Kier molecular flexibility index (Phi) is 9.52. The molecule has 0 saturated heterocycles. The lowest BCUT2D eigenvalue weighted by molar-refractivity contribution is 0.0283. The van der Waals surface area contributed by atoms with Crippen molar-refractivity contribution in [2.75, 3.05) is 11.9 Å². The molecule has 0 bridgehead atoms. The molecule has 2 radical (unpaired) electrons. The molecule has 3 aromatic rings. The average molecular weight is 592 g/mol. The molecule has 14 heteroatoms. The van der Waals surface area contributed by atoms with Crippen molar-refractivity contribution in [1.29, 1.82) is 0 Å². The Balaban J connectivity index is 1.93. The minimum Gasteiger partial charge on any atom is -0.444 e. The number of aromatic nitrogens is 4. The lowest BCUT2D eigenvalue weighted by atomic mass is 10.1. The smallest absolute Gasteiger partial charge is 0.425 e. The van der Waals surface area contributed by atoms with Crippen molar-refractivity contribution in [3.8, 4) is 23.0 Å². The molecule has 0 fully saturated rings. The molecule has 0 aliphatic rings. The third-order valence-corrected chi connectivity index (χ3v) is 5.09. The van der Waals surface area contributed by atoms with E-state index >= 15 is 0 Å². The van der Waals surface area contributed by atoms with Crippen LogP contribution < -0.4 is 10.5 Å². The van der Waals surface area contributed by atoms with E-state index in [0.29, 0.717) is 17.0 Å². The highest BCUT2D eigenvalue weighted by atomic mass is 16.6. The summed E-state index contributed by atoms with van der Waals surface area (Å²) in [6.45, 7) is 15.6. The lowest BCUT2D eigenvalue weighted by Crippen LogP contribution is -2.44. The van der Waals surface area contributed by atoms with Gasteiger partial charge in [-0.05, 0) is 80.0 Å². The van der Waals surface area contributed by atoms with E-state index in [-0.39, 0.29) is 28.9 Å². The Bertz CT molecular complexity index is 1440. The highest BCUT2D eigenvalue weighted by Crippen LogP contribution is 2.30. The fraction of sp³-hybridized carbons (Fsp3) is 0.483. The number of ether oxygens (including phenoxy) is 3. The molecule has 0 saturated carbocycles. The maximum atomic E-state index is 13.2. The van der Waals surface area contributed by atoms with Crippen molar-refractivity contribution < 1.29 is 33.0 Å². The monoisotopic (exact) mass is 592 g/mol. The summed E-state index contributed by atoms with van der Waals surface area (Å²) >= 11 is 0. The number of nitrogens with zero attached hydrogens (tertiary/aromatic N) is 6. The number of hydrogen-bond acceptors (Lipinski definition) is 11. The molecule has 0 aliphatic carbocycles. The predicted molar refractivity (Wildman–Crippen MR) is 159 cm³/mol. The van der Waals surface area contributed by atoms with Crippen molar-refractivity contribution in [1.82, 2.24) is 25.1 Å². The molecule has 0 aliphatic heterocycles. The van der Waals surface area contributed by atoms with Gasteiger partial charge in [0.2, 0.25) is 5.89 Å². The van der Waals surface area contributed by atoms with E-state index in [4.69, 9.17) is 26.5 Å². The number of hydrogen-bond donors (Lipinski definition) is 0. The fourth-order valence-electron chi connectivity index (χ4n) is 3.43. The summed E-state index contributed by atoms with van der Waals surface area (Å²) in [6, 6.07) is 7.10. The van der Waals surface area contributed by atoms with Crippen LogP contribution in [0.1, 0.15) is 67.9 Å². The van der Waals surface area contributed by atoms with Crippen molar-refractivity contribution in [3.05, 3.63) is 36.0 Å². The third kappa shape index (κ3) is 9.52. The van der Waals surface area contributed by atoms with Crippen molar-refractivity contribution in [2.45, 2.75) is 85.7 Å². The Hall–Kier alpha value is -4.49. The van der Waals surface area contributed by atoms with E-state index in [9.17, 15) is 14.4 Å². The van der Waals surface area contributed by atoms with Crippen LogP contribution in [0.25, 0.3) is 23.0 Å². The molecule has 43 heavy (non-hydrogen) atoms. The van der Waals surface area contributed by atoms with Crippen molar-refractivity contribution in [2.24, 2.45) is 0 Å². The van der Waals surface area contributed by atoms with E-state index in [1.807, 2.05) is 0 Å². The molecular formula is C29H37BN6O7. The molecule has 2 aromatic heterocycles. The largest absolute Gasteiger partial charge is 0.444 e. The first-order chi connectivity index (χ1) is 19.7. The summed E-state index contributed by atoms with van der Waals surface area (Å²) in [7, 11) is 7.55. The molecule has 13 nitrogen and oxygen atoms in total. The van der Waals surface area contributed by atoms with Gasteiger partial charge in [-0.15, -0.1) is 10.2 Å². The van der Waals surface area contributed by atoms with Crippen LogP contribution in [-0.4, -0.2) is 75.0 Å². The normalized spacial score (nSPS) is 12.0. The zero-order chi connectivity index (χ0) is 32.3. The molecule has 3 amide bonds. The van der Waals surface area contributed by atoms with Crippen LogP contribution in [0.2, 0.25) is 0 Å². The maximum Gasteiger partial charge on any atom is 0.425 e. The van der Waals surface area contributed by atoms with Gasteiger partial charge >= 0.3 is 18.3 Å². The zero-order valence-corrected chi connectivity index (χ0v) is 26.2. The first-order valence-corrected chi connectivity index (χ1v) is 13.5. The van der Waals surface area contributed by atoms with Crippen molar-refractivity contribution >= 4 is 37.5 Å². The summed E-state index contributed by atoms with van der Waals surface area (Å²) in [5.74, 6) is -0.303. The minimum absolute atomic E-state index is 0.0229. The average Bonchev–Trinajstić information content (AvgIpc) is 3.32. The van der Waals surface area contributed by atoms with Gasteiger partial charge < -0.3 is 23.5 Å². The molecule has 228 valence electrons. The van der Waals surface area contributed by atoms with Gasteiger partial charge in [0.25, 0.3) is 5.89 Å². The molecule has 0 N–H and O–H groups in total.